The van der Waals surface area contributed by atoms with Crippen LogP contribution in [0.4, 0.5) is 5.69 Å². The summed E-state index contributed by atoms with van der Waals surface area (Å²) in [5.74, 6) is 0. The van der Waals surface area contributed by atoms with Gasteiger partial charge in [0, 0.05) is 16.6 Å². The van der Waals surface area contributed by atoms with Crippen molar-refractivity contribution >= 4 is 16.8 Å². The molecule has 3 N–H and O–H groups in total. The molecule has 1 heterocycles. The summed E-state index contributed by atoms with van der Waals surface area (Å²) in [6.07, 6.45) is 2.04. The third-order valence-electron chi connectivity index (χ3n) is 2.65. The molecular formula is C10H13N2O2S-. The fourth-order valence-electron chi connectivity index (χ4n) is 1.94. The van der Waals surface area contributed by atoms with Crippen LogP contribution in [0.2, 0.25) is 0 Å². The number of nitrogen functional groups attached to an aromatic ring is 1. The van der Waals surface area contributed by atoms with Crippen LogP contribution in [-0.4, -0.2) is 15.3 Å². The van der Waals surface area contributed by atoms with Gasteiger partial charge in [-0.1, -0.05) is 0 Å². The summed E-state index contributed by atoms with van der Waals surface area (Å²) < 4.78 is 22.0. The van der Waals surface area contributed by atoms with Gasteiger partial charge in [-0.3, -0.25) is 4.21 Å². The Hall–Kier alpha value is -0.910. The first-order valence-electron chi connectivity index (χ1n) is 4.90. The van der Waals surface area contributed by atoms with Gasteiger partial charge in [0.05, 0.1) is 0 Å². The van der Waals surface area contributed by atoms with Gasteiger partial charge in [0.15, 0.2) is 0 Å². The average Bonchev–Trinajstić information content (AvgIpc) is 2.69. The van der Waals surface area contributed by atoms with Crippen molar-refractivity contribution in [2.24, 2.45) is 0 Å². The van der Waals surface area contributed by atoms with Crippen LogP contribution in [0.3, 0.4) is 0 Å². The fraction of sp³-hybridized carbons (Fsp3) is 0.400. The number of hydrogen-bond acceptors (Lipinski definition) is 4. The Balaban J connectivity index is 2.41. The molecule has 1 saturated heterocycles. The molecule has 0 aliphatic carbocycles. The fourth-order valence-corrected chi connectivity index (χ4v) is 2.51. The summed E-state index contributed by atoms with van der Waals surface area (Å²) in [6, 6.07) is 5.05. The predicted molar refractivity (Wildman–Crippen MR) is 58.0 cm³/mol. The van der Waals surface area contributed by atoms with Crippen molar-refractivity contribution in [1.82, 2.24) is 5.32 Å². The van der Waals surface area contributed by atoms with Gasteiger partial charge in [-0.25, -0.2) is 0 Å². The average molecular weight is 225 g/mol. The van der Waals surface area contributed by atoms with Crippen LogP contribution in [0.1, 0.15) is 24.4 Å². The minimum atomic E-state index is -2.19. The van der Waals surface area contributed by atoms with E-state index in [-0.39, 0.29) is 6.04 Å². The van der Waals surface area contributed by atoms with Crippen molar-refractivity contribution < 1.29 is 8.76 Å². The van der Waals surface area contributed by atoms with Crippen LogP contribution in [0.5, 0.6) is 0 Å². The standard InChI is InChI=1S/C10H14N2O2S/c11-7-3-4-10(15(13)14)8(6-7)9-2-1-5-12-9/h3-4,6,9,12H,1-2,5,11H2,(H,13,14)/p-1/t9-/m1/s1. The number of rotatable bonds is 2. The van der Waals surface area contributed by atoms with E-state index in [1.165, 1.54) is 0 Å². The van der Waals surface area contributed by atoms with Crippen molar-refractivity contribution in [3.63, 3.8) is 0 Å². The molecule has 0 amide bonds. The van der Waals surface area contributed by atoms with E-state index in [0.29, 0.717) is 10.6 Å². The van der Waals surface area contributed by atoms with Crippen molar-refractivity contribution in [2.45, 2.75) is 23.8 Å². The van der Waals surface area contributed by atoms with Crippen molar-refractivity contribution in [1.29, 1.82) is 0 Å². The lowest BCUT2D eigenvalue weighted by atomic mass is 10.0. The summed E-state index contributed by atoms with van der Waals surface area (Å²) in [7, 11) is 0. The molecule has 0 radical (unpaired) electrons. The monoisotopic (exact) mass is 225 g/mol. The minimum Gasteiger partial charge on any atom is -0.768 e. The zero-order valence-electron chi connectivity index (χ0n) is 8.23. The molecule has 0 spiro atoms. The molecule has 1 aliphatic rings. The second kappa shape index (κ2) is 4.30. The largest absolute Gasteiger partial charge is 0.768 e. The maximum absolute atomic E-state index is 11.0. The van der Waals surface area contributed by atoms with Gasteiger partial charge in [-0.2, -0.15) is 0 Å². The van der Waals surface area contributed by atoms with Gasteiger partial charge in [-0.15, -0.1) is 0 Å². The minimum absolute atomic E-state index is 0.126. The number of anilines is 1. The lowest BCUT2D eigenvalue weighted by molar-refractivity contribution is 0.532. The summed E-state index contributed by atoms with van der Waals surface area (Å²) in [4.78, 5) is 0.351. The quantitative estimate of drug-likeness (QED) is 0.580. The molecule has 1 fully saturated rings. The molecule has 1 unspecified atom stereocenters. The Kier molecular flexibility index (Phi) is 3.04. The van der Waals surface area contributed by atoms with Crippen LogP contribution >= 0.6 is 0 Å². The molecule has 2 rings (SSSR count). The van der Waals surface area contributed by atoms with Gasteiger partial charge >= 0.3 is 0 Å². The molecule has 1 aromatic carbocycles. The van der Waals surface area contributed by atoms with Crippen LogP contribution in [-0.2, 0) is 11.1 Å². The molecule has 0 bridgehead atoms. The van der Waals surface area contributed by atoms with Gasteiger partial charge in [0.1, 0.15) is 0 Å². The molecule has 0 aromatic heterocycles. The van der Waals surface area contributed by atoms with Gasteiger partial charge in [0.2, 0.25) is 0 Å². The molecule has 15 heavy (non-hydrogen) atoms. The zero-order chi connectivity index (χ0) is 10.8. The molecule has 1 aromatic rings. The van der Waals surface area contributed by atoms with E-state index in [1.54, 1.807) is 18.2 Å². The van der Waals surface area contributed by atoms with E-state index in [2.05, 4.69) is 5.32 Å². The maximum atomic E-state index is 11.0. The normalized spacial score (nSPS) is 22.9. The second-order valence-corrected chi connectivity index (χ2v) is 4.59. The number of hydrogen-bond donors (Lipinski definition) is 2. The summed E-state index contributed by atoms with van der Waals surface area (Å²) in [6.45, 7) is 0.935. The van der Waals surface area contributed by atoms with E-state index in [9.17, 15) is 8.76 Å². The van der Waals surface area contributed by atoms with E-state index in [4.69, 9.17) is 5.73 Å². The third-order valence-corrected chi connectivity index (χ3v) is 3.38. The Morgan fingerprint density at radius 1 is 1.53 bits per heavy atom. The number of nitrogens with two attached hydrogens (primary N) is 1. The predicted octanol–water partition coefficient (Wildman–Crippen LogP) is 0.931. The highest BCUT2D eigenvalue weighted by molar-refractivity contribution is 7.79. The molecule has 0 saturated carbocycles. The smallest absolute Gasteiger partial charge is 0.0333 e. The first-order valence-corrected chi connectivity index (χ1v) is 5.98. The van der Waals surface area contributed by atoms with Gasteiger partial charge in [0.25, 0.3) is 0 Å². The second-order valence-electron chi connectivity index (χ2n) is 3.68. The van der Waals surface area contributed by atoms with Gasteiger partial charge < -0.3 is 15.6 Å². The highest BCUT2D eigenvalue weighted by atomic mass is 32.2. The molecule has 4 nitrogen and oxygen atoms in total. The molecular weight excluding hydrogens is 212 g/mol. The zero-order valence-corrected chi connectivity index (χ0v) is 9.05. The topological polar surface area (TPSA) is 78.2 Å². The van der Waals surface area contributed by atoms with Crippen molar-refractivity contribution in [3.05, 3.63) is 23.8 Å². The van der Waals surface area contributed by atoms with E-state index >= 15 is 0 Å². The van der Waals surface area contributed by atoms with Crippen molar-refractivity contribution in [3.8, 4) is 0 Å². The van der Waals surface area contributed by atoms with E-state index in [1.807, 2.05) is 0 Å². The maximum Gasteiger partial charge on any atom is 0.0333 e. The highest BCUT2D eigenvalue weighted by Crippen LogP contribution is 2.29. The van der Waals surface area contributed by atoms with Crippen LogP contribution in [0, 0.1) is 0 Å². The van der Waals surface area contributed by atoms with Crippen molar-refractivity contribution in [2.75, 3.05) is 12.3 Å². The van der Waals surface area contributed by atoms with Crippen LogP contribution in [0.25, 0.3) is 0 Å². The third kappa shape index (κ3) is 2.19. The molecule has 1 aliphatic heterocycles. The van der Waals surface area contributed by atoms with E-state index < -0.39 is 11.1 Å². The number of benzene rings is 1. The Labute approximate surface area is 91.2 Å². The summed E-state index contributed by atoms with van der Waals surface area (Å²) >= 11 is -2.19. The Bertz CT molecular complexity index is 389. The molecule has 82 valence electrons. The Morgan fingerprint density at radius 3 is 2.93 bits per heavy atom. The van der Waals surface area contributed by atoms with Crippen LogP contribution < -0.4 is 11.1 Å². The lowest BCUT2D eigenvalue weighted by Crippen LogP contribution is -2.15. The Morgan fingerprint density at radius 2 is 2.33 bits per heavy atom. The molecule has 5 heteroatoms. The number of nitrogens with one attached hydrogen (secondary N) is 1. The molecule has 2 atom stereocenters. The highest BCUT2D eigenvalue weighted by Gasteiger charge is 2.19. The van der Waals surface area contributed by atoms with E-state index in [0.717, 1.165) is 24.9 Å². The lowest BCUT2D eigenvalue weighted by Gasteiger charge is -2.17. The summed E-state index contributed by atoms with van der Waals surface area (Å²) in [5.41, 5.74) is 7.06. The summed E-state index contributed by atoms with van der Waals surface area (Å²) in [5, 5.41) is 3.27. The first-order chi connectivity index (χ1) is 7.18. The first kappa shape index (κ1) is 10.6. The van der Waals surface area contributed by atoms with Gasteiger partial charge in [-0.05, 0) is 54.2 Å². The SMILES string of the molecule is Nc1ccc(S(=O)[O-])c([C@H]2CCCN2)c1. The van der Waals surface area contributed by atoms with Crippen LogP contribution in [0.15, 0.2) is 23.1 Å².